The highest BCUT2D eigenvalue weighted by Crippen LogP contribution is 2.20. The van der Waals surface area contributed by atoms with Crippen LogP contribution in [0.15, 0.2) is 24.3 Å². The lowest BCUT2D eigenvalue weighted by atomic mass is 10.1. The molecular formula is C16H28N2O. The van der Waals surface area contributed by atoms with Crippen molar-refractivity contribution in [3.05, 3.63) is 29.8 Å². The van der Waals surface area contributed by atoms with Crippen LogP contribution >= 0.6 is 0 Å². The Bertz CT molecular complexity index is 346. The van der Waals surface area contributed by atoms with Crippen molar-refractivity contribution in [3.8, 4) is 0 Å². The molecule has 1 aromatic rings. The molecule has 0 aromatic heterocycles. The molecule has 19 heavy (non-hydrogen) atoms. The largest absolute Gasteiger partial charge is 0.395 e. The summed E-state index contributed by atoms with van der Waals surface area (Å²) in [7, 11) is 0. The van der Waals surface area contributed by atoms with Gasteiger partial charge in [-0.3, -0.25) is 0 Å². The summed E-state index contributed by atoms with van der Waals surface area (Å²) in [5.41, 5.74) is 2.56. The molecule has 0 atom stereocenters. The highest BCUT2D eigenvalue weighted by Gasteiger charge is 2.09. The predicted octanol–water partition coefficient (Wildman–Crippen LogP) is 2.64. The first-order chi connectivity index (χ1) is 9.19. The van der Waals surface area contributed by atoms with Crippen LogP contribution < -0.4 is 10.2 Å². The first-order valence-corrected chi connectivity index (χ1v) is 7.33. The Kier molecular flexibility index (Phi) is 7.53. The van der Waals surface area contributed by atoms with Crippen LogP contribution in [0.3, 0.4) is 0 Å². The Morgan fingerprint density at radius 1 is 1.21 bits per heavy atom. The van der Waals surface area contributed by atoms with E-state index in [1.165, 1.54) is 11.3 Å². The SMILES string of the molecule is CCCN(CCO)c1ccccc1CNCC(C)C. The van der Waals surface area contributed by atoms with Crippen LogP contribution in [0.25, 0.3) is 0 Å². The number of anilines is 1. The van der Waals surface area contributed by atoms with Gasteiger partial charge in [0.2, 0.25) is 0 Å². The summed E-state index contributed by atoms with van der Waals surface area (Å²) in [6.45, 7) is 10.4. The van der Waals surface area contributed by atoms with Gasteiger partial charge in [0.15, 0.2) is 0 Å². The van der Waals surface area contributed by atoms with Crippen LogP contribution in [0.1, 0.15) is 32.8 Å². The first kappa shape index (κ1) is 16.0. The van der Waals surface area contributed by atoms with E-state index in [-0.39, 0.29) is 6.61 Å². The molecule has 2 N–H and O–H groups in total. The van der Waals surface area contributed by atoms with E-state index in [0.29, 0.717) is 12.5 Å². The molecule has 0 spiro atoms. The van der Waals surface area contributed by atoms with Gasteiger partial charge in [-0.1, -0.05) is 39.0 Å². The van der Waals surface area contributed by atoms with Crippen molar-refractivity contribution < 1.29 is 5.11 Å². The molecular weight excluding hydrogens is 236 g/mol. The summed E-state index contributed by atoms with van der Waals surface area (Å²) in [5, 5.41) is 12.7. The zero-order valence-corrected chi connectivity index (χ0v) is 12.5. The van der Waals surface area contributed by atoms with Gasteiger partial charge in [0, 0.05) is 25.3 Å². The van der Waals surface area contributed by atoms with Gasteiger partial charge in [-0.2, -0.15) is 0 Å². The van der Waals surface area contributed by atoms with Crippen molar-refractivity contribution in [2.45, 2.75) is 33.7 Å². The monoisotopic (exact) mass is 264 g/mol. The molecule has 0 fully saturated rings. The minimum atomic E-state index is 0.202. The Balaban J connectivity index is 2.74. The average molecular weight is 264 g/mol. The molecule has 0 saturated carbocycles. The third-order valence-corrected chi connectivity index (χ3v) is 3.06. The van der Waals surface area contributed by atoms with Crippen molar-refractivity contribution in [3.63, 3.8) is 0 Å². The van der Waals surface area contributed by atoms with Crippen LogP contribution in [0.4, 0.5) is 5.69 Å². The Morgan fingerprint density at radius 3 is 2.58 bits per heavy atom. The highest BCUT2D eigenvalue weighted by atomic mass is 16.3. The topological polar surface area (TPSA) is 35.5 Å². The second kappa shape index (κ2) is 8.94. The number of hydrogen-bond acceptors (Lipinski definition) is 3. The average Bonchev–Trinajstić information content (AvgIpc) is 2.39. The van der Waals surface area contributed by atoms with Crippen LogP contribution in [0.5, 0.6) is 0 Å². The van der Waals surface area contributed by atoms with E-state index in [1.54, 1.807) is 0 Å². The summed E-state index contributed by atoms with van der Waals surface area (Å²) in [4.78, 5) is 2.27. The standard InChI is InChI=1S/C16H28N2O/c1-4-9-18(10-11-19)16-8-6-5-7-15(16)13-17-12-14(2)3/h5-8,14,17,19H,4,9-13H2,1-3H3. The molecule has 0 bridgehead atoms. The maximum atomic E-state index is 9.21. The molecule has 108 valence electrons. The van der Waals surface area contributed by atoms with Gasteiger partial charge in [-0.25, -0.2) is 0 Å². The summed E-state index contributed by atoms with van der Waals surface area (Å²) in [6, 6.07) is 8.47. The van der Waals surface area contributed by atoms with E-state index in [1.807, 2.05) is 0 Å². The molecule has 0 radical (unpaired) electrons. The van der Waals surface area contributed by atoms with Gasteiger partial charge < -0.3 is 15.3 Å². The van der Waals surface area contributed by atoms with Crippen LogP contribution in [0, 0.1) is 5.92 Å². The molecule has 0 saturated heterocycles. The van der Waals surface area contributed by atoms with Gasteiger partial charge in [-0.05, 0) is 30.5 Å². The number of nitrogens with zero attached hydrogens (tertiary/aromatic N) is 1. The van der Waals surface area contributed by atoms with E-state index in [4.69, 9.17) is 0 Å². The van der Waals surface area contributed by atoms with Crippen molar-refractivity contribution in [1.82, 2.24) is 5.32 Å². The lowest BCUT2D eigenvalue weighted by molar-refractivity contribution is 0.301. The maximum Gasteiger partial charge on any atom is 0.0606 e. The molecule has 3 nitrogen and oxygen atoms in total. The smallest absolute Gasteiger partial charge is 0.0606 e. The fourth-order valence-corrected chi connectivity index (χ4v) is 2.21. The molecule has 3 heteroatoms. The van der Waals surface area contributed by atoms with Crippen molar-refractivity contribution >= 4 is 5.69 Å². The van der Waals surface area contributed by atoms with Gasteiger partial charge in [-0.15, -0.1) is 0 Å². The fourth-order valence-electron chi connectivity index (χ4n) is 2.21. The third kappa shape index (κ3) is 5.62. The van der Waals surface area contributed by atoms with Crippen molar-refractivity contribution in [1.29, 1.82) is 0 Å². The Hall–Kier alpha value is -1.06. The molecule has 1 rings (SSSR count). The predicted molar refractivity (Wildman–Crippen MR) is 82.6 cm³/mol. The molecule has 0 heterocycles. The molecule has 0 amide bonds. The molecule has 0 unspecified atom stereocenters. The molecule has 0 aliphatic rings. The first-order valence-electron chi connectivity index (χ1n) is 7.33. The van der Waals surface area contributed by atoms with E-state index < -0.39 is 0 Å². The summed E-state index contributed by atoms with van der Waals surface area (Å²) < 4.78 is 0. The van der Waals surface area contributed by atoms with Crippen LogP contribution in [-0.4, -0.2) is 31.3 Å². The fraction of sp³-hybridized carbons (Fsp3) is 0.625. The lowest BCUT2D eigenvalue weighted by Crippen LogP contribution is -2.29. The normalized spacial score (nSPS) is 11.0. The van der Waals surface area contributed by atoms with Crippen molar-refractivity contribution in [2.24, 2.45) is 5.92 Å². The second-order valence-electron chi connectivity index (χ2n) is 5.36. The molecule has 0 aliphatic heterocycles. The van der Waals surface area contributed by atoms with E-state index in [9.17, 15) is 5.11 Å². The number of benzene rings is 1. The van der Waals surface area contributed by atoms with Crippen LogP contribution in [0.2, 0.25) is 0 Å². The van der Waals surface area contributed by atoms with Crippen molar-refractivity contribution in [2.75, 3.05) is 31.1 Å². The van der Waals surface area contributed by atoms with Crippen LogP contribution in [-0.2, 0) is 6.54 Å². The Labute approximate surface area is 117 Å². The minimum absolute atomic E-state index is 0.202. The van der Waals surface area contributed by atoms with Gasteiger partial charge in [0.1, 0.15) is 0 Å². The minimum Gasteiger partial charge on any atom is -0.395 e. The van der Waals surface area contributed by atoms with Gasteiger partial charge >= 0.3 is 0 Å². The lowest BCUT2D eigenvalue weighted by Gasteiger charge is -2.26. The second-order valence-corrected chi connectivity index (χ2v) is 5.36. The summed E-state index contributed by atoms with van der Waals surface area (Å²) in [5.74, 6) is 0.663. The van der Waals surface area contributed by atoms with E-state index >= 15 is 0 Å². The number of hydrogen-bond donors (Lipinski definition) is 2. The number of aliphatic hydroxyl groups excluding tert-OH is 1. The van der Waals surface area contributed by atoms with E-state index in [0.717, 1.165) is 26.1 Å². The summed E-state index contributed by atoms with van der Waals surface area (Å²) in [6.07, 6.45) is 1.09. The van der Waals surface area contributed by atoms with Gasteiger partial charge in [0.25, 0.3) is 0 Å². The van der Waals surface area contributed by atoms with E-state index in [2.05, 4.69) is 55.3 Å². The number of aliphatic hydroxyl groups is 1. The quantitative estimate of drug-likeness (QED) is 0.720. The number of nitrogens with one attached hydrogen (secondary N) is 1. The zero-order valence-electron chi connectivity index (χ0n) is 12.5. The molecule has 1 aromatic carbocycles. The summed E-state index contributed by atoms with van der Waals surface area (Å²) >= 11 is 0. The number of rotatable bonds is 9. The van der Waals surface area contributed by atoms with Gasteiger partial charge in [0.05, 0.1) is 6.61 Å². The Morgan fingerprint density at radius 2 is 1.95 bits per heavy atom. The number of para-hydroxylation sites is 1. The maximum absolute atomic E-state index is 9.21. The highest BCUT2D eigenvalue weighted by molar-refractivity contribution is 5.53. The third-order valence-electron chi connectivity index (χ3n) is 3.06. The zero-order chi connectivity index (χ0) is 14.1. The molecule has 0 aliphatic carbocycles.